The highest BCUT2D eigenvalue weighted by molar-refractivity contribution is 6.81. The van der Waals surface area contributed by atoms with Crippen molar-refractivity contribution in [3.05, 3.63) is 0 Å². The van der Waals surface area contributed by atoms with Gasteiger partial charge in [0.15, 0.2) is 16.6 Å². The van der Waals surface area contributed by atoms with Crippen LogP contribution in [0.4, 0.5) is 0 Å². The van der Waals surface area contributed by atoms with E-state index in [-0.39, 0.29) is 10.0 Å². The molecule has 0 aliphatic carbocycles. The Kier molecular flexibility index (Phi) is 13.9. The summed E-state index contributed by atoms with van der Waals surface area (Å²) in [6.07, 6.45) is 4.65. The van der Waals surface area contributed by atoms with Crippen molar-refractivity contribution in [3.8, 4) is 0 Å². The van der Waals surface area contributed by atoms with E-state index in [0.717, 1.165) is 24.9 Å². The van der Waals surface area contributed by atoms with Gasteiger partial charge in [0, 0.05) is 0 Å². The molecule has 2 atom stereocenters. The third-order valence-corrected chi connectivity index (χ3v) is 26.5. The van der Waals surface area contributed by atoms with Crippen LogP contribution in [0.5, 0.6) is 0 Å². The summed E-state index contributed by atoms with van der Waals surface area (Å²) in [5, 5.41) is 0. The third kappa shape index (κ3) is 15.9. The van der Waals surface area contributed by atoms with Crippen LogP contribution in [0.15, 0.2) is 0 Å². The van der Waals surface area contributed by atoms with Gasteiger partial charge in [-0.2, -0.15) is 0 Å². The van der Waals surface area contributed by atoms with Gasteiger partial charge in [0.1, 0.15) is 0 Å². The Morgan fingerprint density at radius 3 is 1.87 bits per heavy atom. The Morgan fingerprint density at radius 2 is 1.35 bits per heavy atom. The summed E-state index contributed by atoms with van der Waals surface area (Å²) < 4.78 is 43.1. The monoisotopic (exact) mass is 573 g/mol. The van der Waals surface area contributed by atoms with Crippen LogP contribution in [-0.2, 0) is 28.8 Å². The molecular formula is C16H45O7Si8. The van der Waals surface area contributed by atoms with E-state index in [4.69, 9.17) is 28.8 Å². The molecule has 0 saturated carbocycles. The average molecular weight is 574 g/mol. The first kappa shape index (κ1) is 30.5. The molecule has 1 fully saturated rings. The zero-order chi connectivity index (χ0) is 23.7. The second kappa shape index (κ2) is 14.1. The van der Waals surface area contributed by atoms with Crippen molar-refractivity contribution >= 4 is 72.3 Å². The van der Waals surface area contributed by atoms with Gasteiger partial charge < -0.3 is 28.8 Å². The van der Waals surface area contributed by atoms with E-state index in [2.05, 4.69) is 65.5 Å². The molecule has 0 amide bonds. The number of hydrogen-bond donors (Lipinski definition) is 0. The van der Waals surface area contributed by atoms with Crippen molar-refractivity contribution in [3.63, 3.8) is 0 Å². The minimum atomic E-state index is -2.18. The Balaban J connectivity index is 2.36. The van der Waals surface area contributed by atoms with Crippen LogP contribution >= 0.6 is 0 Å². The molecule has 0 N–H and O–H groups in total. The van der Waals surface area contributed by atoms with Crippen LogP contribution < -0.4 is 0 Å². The predicted molar refractivity (Wildman–Crippen MR) is 145 cm³/mol. The summed E-state index contributed by atoms with van der Waals surface area (Å²) in [6.45, 7) is 21.7. The Labute approximate surface area is 203 Å². The van der Waals surface area contributed by atoms with Crippen LogP contribution in [0.2, 0.25) is 77.6 Å². The van der Waals surface area contributed by atoms with Crippen molar-refractivity contribution in [1.29, 1.82) is 0 Å². The Bertz CT molecular complexity index is 491. The Morgan fingerprint density at radius 1 is 0.806 bits per heavy atom. The molecule has 2 unspecified atom stereocenters. The molecule has 1 rings (SSSR count). The molecule has 0 bridgehead atoms. The number of hydrogen-bond acceptors (Lipinski definition) is 7. The fraction of sp³-hybridized carbons (Fsp3) is 1.00. The van der Waals surface area contributed by atoms with E-state index >= 15 is 0 Å². The molecule has 1 heterocycles. The van der Waals surface area contributed by atoms with Crippen molar-refractivity contribution in [1.82, 2.24) is 0 Å². The summed E-state index contributed by atoms with van der Waals surface area (Å²) >= 11 is 0. The van der Waals surface area contributed by atoms with Crippen molar-refractivity contribution < 1.29 is 28.8 Å². The van der Waals surface area contributed by atoms with E-state index in [1.807, 2.05) is 0 Å². The molecule has 0 aromatic rings. The summed E-state index contributed by atoms with van der Waals surface area (Å²) in [7, 11) is -11.3. The molecule has 31 heavy (non-hydrogen) atoms. The molecule has 0 aromatic heterocycles. The van der Waals surface area contributed by atoms with Gasteiger partial charge in [-0.05, 0) is 77.6 Å². The molecule has 0 aromatic carbocycles. The molecule has 1 aliphatic rings. The zero-order valence-electron chi connectivity index (χ0n) is 21.3. The molecule has 7 nitrogen and oxygen atoms in total. The maximum absolute atomic E-state index is 6.37. The van der Waals surface area contributed by atoms with E-state index in [1.54, 1.807) is 0 Å². The molecule has 0 spiro atoms. The van der Waals surface area contributed by atoms with Crippen LogP contribution in [0.1, 0.15) is 25.7 Å². The normalized spacial score (nSPS) is 28.5. The first-order valence-electron chi connectivity index (χ1n) is 11.5. The minimum absolute atomic E-state index is 0.116. The molecular weight excluding hydrogens is 529 g/mol. The van der Waals surface area contributed by atoms with E-state index in [1.165, 1.54) is 12.8 Å². The Hall–Kier alpha value is 1.46. The van der Waals surface area contributed by atoms with Gasteiger partial charge in [0.2, 0.25) is 0 Å². The van der Waals surface area contributed by atoms with Crippen LogP contribution in [-0.4, -0.2) is 72.3 Å². The van der Waals surface area contributed by atoms with Crippen LogP contribution in [0.3, 0.4) is 0 Å². The second-order valence-corrected chi connectivity index (χ2v) is 32.8. The lowest BCUT2D eigenvalue weighted by molar-refractivity contribution is 0.273. The molecule has 15 heteroatoms. The lowest BCUT2D eigenvalue weighted by Gasteiger charge is -2.37. The fourth-order valence-corrected chi connectivity index (χ4v) is 24.5. The van der Waals surface area contributed by atoms with Gasteiger partial charge in [0.25, 0.3) is 27.9 Å². The lowest BCUT2D eigenvalue weighted by Crippen LogP contribution is -2.52. The summed E-state index contributed by atoms with van der Waals surface area (Å²) in [5.41, 5.74) is 0. The van der Waals surface area contributed by atoms with Crippen molar-refractivity contribution in [2.45, 2.75) is 103 Å². The summed E-state index contributed by atoms with van der Waals surface area (Å²) in [6, 6.07) is 2.05. The fourth-order valence-electron chi connectivity index (χ4n) is 3.20. The maximum Gasteiger partial charge on any atom is 0.411 e. The highest BCUT2D eigenvalue weighted by Gasteiger charge is 2.38. The van der Waals surface area contributed by atoms with Gasteiger partial charge in [-0.15, -0.1) is 0 Å². The van der Waals surface area contributed by atoms with Crippen molar-refractivity contribution in [2.75, 3.05) is 0 Å². The molecule has 1 aliphatic heterocycles. The number of rotatable bonds is 13. The zero-order valence-corrected chi connectivity index (χ0v) is 29.8. The molecule has 1 saturated heterocycles. The number of unbranched alkanes of at least 4 members (excludes halogenated alkanes) is 3. The van der Waals surface area contributed by atoms with Crippen LogP contribution in [0.25, 0.3) is 0 Å². The van der Waals surface area contributed by atoms with E-state index in [0.29, 0.717) is 0 Å². The highest BCUT2D eigenvalue weighted by atomic mass is 28.5. The first-order valence-corrected chi connectivity index (χ1v) is 29.5. The van der Waals surface area contributed by atoms with Gasteiger partial charge in [0.05, 0.1) is 0 Å². The largest absolute Gasteiger partial charge is 0.436 e. The first-order chi connectivity index (χ1) is 14.2. The highest BCUT2D eigenvalue weighted by Crippen LogP contribution is 2.23. The predicted octanol–water partition coefficient (Wildman–Crippen LogP) is 3.99. The van der Waals surface area contributed by atoms with E-state index in [9.17, 15) is 0 Å². The van der Waals surface area contributed by atoms with Crippen LogP contribution in [0, 0.1) is 0 Å². The standard InChI is InChI=1S/C16H45O7Si8/c1-25-19-26(2)21-31(10,22-27(3)20-25)16-14-12-11-13-15-28(23-30(7,8)9)17-24-18-29(4,5)6/h25-27H,11-16H2,1-10H3. The van der Waals surface area contributed by atoms with Gasteiger partial charge >= 0.3 is 27.9 Å². The SMILES string of the molecule is C[SiH]1O[SiH](C)O[Si](C)(CCCCCC[Si](O[Si]O[Si](C)(C)C)O[Si](C)(C)C)O[SiH](C)O1. The quantitative estimate of drug-likeness (QED) is 0.244. The van der Waals surface area contributed by atoms with Gasteiger partial charge in [-0.1, -0.05) is 25.7 Å². The maximum atomic E-state index is 6.37. The smallest absolute Gasteiger partial charge is 0.411 e. The molecule has 183 valence electrons. The van der Waals surface area contributed by atoms with Gasteiger partial charge in [-0.25, -0.2) is 0 Å². The van der Waals surface area contributed by atoms with Gasteiger partial charge in [-0.3, -0.25) is 0 Å². The third-order valence-electron chi connectivity index (χ3n) is 4.28. The van der Waals surface area contributed by atoms with E-state index < -0.39 is 62.3 Å². The molecule has 3 radical (unpaired) electrons. The topological polar surface area (TPSA) is 64.6 Å². The second-order valence-electron chi connectivity index (χ2n) is 10.2. The minimum Gasteiger partial charge on any atom is -0.436 e. The average Bonchev–Trinajstić information content (AvgIpc) is 2.53. The summed E-state index contributed by atoms with van der Waals surface area (Å²) in [5.74, 6) is 0. The lowest BCUT2D eigenvalue weighted by atomic mass is 10.2. The van der Waals surface area contributed by atoms with Crippen molar-refractivity contribution in [2.24, 2.45) is 0 Å². The summed E-state index contributed by atoms with van der Waals surface area (Å²) in [4.78, 5) is 0.